The van der Waals surface area contributed by atoms with E-state index in [1.165, 1.54) is 7.05 Å². The number of hydrogen-bond acceptors (Lipinski definition) is 3. The Bertz CT molecular complexity index is 634. The zero-order chi connectivity index (χ0) is 14.5. The van der Waals surface area contributed by atoms with Crippen molar-refractivity contribution in [3.05, 3.63) is 41.6 Å². The molecule has 0 spiro atoms. The maximum absolute atomic E-state index is 11.8. The van der Waals surface area contributed by atoms with E-state index < -0.39 is 0 Å². The summed E-state index contributed by atoms with van der Waals surface area (Å²) < 4.78 is 0. The van der Waals surface area contributed by atoms with E-state index in [1.54, 1.807) is 6.07 Å². The van der Waals surface area contributed by atoms with Crippen molar-refractivity contribution in [3.8, 4) is 11.3 Å². The summed E-state index contributed by atoms with van der Waals surface area (Å²) in [5.74, 6) is -0.613. The number of hydrogen-bond donors (Lipinski definition) is 3. The Morgan fingerprint density at radius 1 is 1.30 bits per heavy atom. The van der Waals surface area contributed by atoms with Gasteiger partial charge >= 0.3 is 0 Å². The minimum atomic E-state index is -0.360. The van der Waals surface area contributed by atoms with E-state index in [1.807, 2.05) is 31.2 Å². The molecule has 1 aromatic carbocycles. The van der Waals surface area contributed by atoms with Crippen molar-refractivity contribution in [2.45, 2.75) is 6.92 Å². The second-order valence-electron chi connectivity index (χ2n) is 4.34. The summed E-state index contributed by atoms with van der Waals surface area (Å²) in [6, 6.07) is 9.46. The third kappa shape index (κ3) is 3.03. The van der Waals surface area contributed by atoms with E-state index in [2.05, 4.69) is 20.8 Å². The summed E-state index contributed by atoms with van der Waals surface area (Å²) in [4.78, 5) is 22.9. The van der Waals surface area contributed by atoms with Gasteiger partial charge in [-0.2, -0.15) is 5.10 Å². The number of aryl methyl sites for hydroxylation is 1. The molecule has 20 heavy (non-hydrogen) atoms. The highest BCUT2D eigenvalue weighted by molar-refractivity contribution is 5.95. The minimum Gasteiger partial charge on any atom is -0.358 e. The van der Waals surface area contributed by atoms with Crippen LogP contribution in [0.5, 0.6) is 0 Å². The maximum Gasteiger partial charge on any atom is 0.269 e. The van der Waals surface area contributed by atoms with Crippen molar-refractivity contribution in [3.63, 3.8) is 0 Å². The molecule has 0 unspecified atom stereocenters. The quantitative estimate of drug-likeness (QED) is 0.771. The van der Waals surface area contributed by atoms with Crippen LogP contribution in [-0.4, -0.2) is 35.6 Å². The van der Waals surface area contributed by atoms with Crippen LogP contribution in [0.3, 0.4) is 0 Å². The standard InChI is InChI=1S/C14H16N4O2/c1-9-5-3-4-6-10(9)11-7-12(18-17-11)14(20)16-8-13(19)15-2/h3-7H,8H2,1-2H3,(H,15,19)(H,16,20)(H,17,18). The molecular weight excluding hydrogens is 256 g/mol. The summed E-state index contributed by atoms with van der Waals surface area (Å²) in [6.07, 6.45) is 0. The van der Waals surface area contributed by atoms with E-state index in [4.69, 9.17) is 0 Å². The molecule has 0 saturated heterocycles. The number of carbonyl (C=O) groups is 2. The van der Waals surface area contributed by atoms with Crippen molar-refractivity contribution >= 4 is 11.8 Å². The summed E-state index contributed by atoms with van der Waals surface area (Å²) >= 11 is 0. The average Bonchev–Trinajstić information content (AvgIpc) is 2.94. The topological polar surface area (TPSA) is 86.9 Å². The molecule has 2 aromatic rings. The average molecular weight is 272 g/mol. The molecule has 6 heteroatoms. The molecular formula is C14H16N4O2. The van der Waals surface area contributed by atoms with Crippen LogP contribution in [0.1, 0.15) is 16.1 Å². The molecule has 1 aromatic heterocycles. The Hall–Kier alpha value is -2.63. The second kappa shape index (κ2) is 6.01. The Labute approximate surface area is 116 Å². The van der Waals surface area contributed by atoms with E-state index in [-0.39, 0.29) is 18.4 Å². The van der Waals surface area contributed by atoms with Gasteiger partial charge in [0.15, 0.2) is 0 Å². The number of carbonyl (C=O) groups excluding carboxylic acids is 2. The fourth-order valence-corrected chi connectivity index (χ4v) is 1.78. The van der Waals surface area contributed by atoms with Gasteiger partial charge in [-0.25, -0.2) is 0 Å². The Morgan fingerprint density at radius 3 is 2.75 bits per heavy atom. The molecule has 0 bridgehead atoms. The van der Waals surface area contributed by atoms with E-state index in [0.717, 1.165) is 11.1 Å². The van der Waals surface area contributed by atoms with Crippen molar-refractivity contribution < 1.29 is 9.59 Å². The van der Waals surface area contributed by atoms with Gasteiger partial charge in [0.1, 0.15) is 5.69 Å². The van der Waals surface area contributed by atoms with Crippen LogP contribution in [-0.2, 0) is 4.79 Å². The fourth-order valence-electron chi connectivity index (χ4n) is 1.78. The van der Waals surface area contributed by atoms with Crippen LogP contribution in [0.25, 0.3) is 11.3 Å². The molecule has 0 radical (unpaired) electrons. The van der Waals surface area contributed by atoms with Crippen molar-refractivity contribution in [1.29, 1.82) is 0 Å². The first-order valence-electron chi connectivity index (χ1n) is 6.22. The number of rotatable bonds is 4. The Balaban J connectivity index is 2.11. The van der Waals surface area contributed by atoms with Crippen LogP contribution in [0.2, 0.25) is 0 Å². The summed E-state index contributed by atoms with van der Waals surface area (Å²) in [6.45, 7) is 1.92. The van der Waals surface area contributed by atoms with Gasteiger partial charge < -0.3 is 10.6 Å². The molecule has 0 fully saturated rings. The zero-order valence-corrected chi connectivity index (χ0v) is 11.4. The number of aromatic nitrogens is 2. The Kier molecular flexibility index (Phi) is 4.14. The monoisotopic (exact) mass is 272 g/mol. The third-order valence-electron chi connectivity index (χ3n) is 2.93. The third-order valence-corrected chi connectivity index (χ3v) is 2.93. The van der Waals surface area contributed by atoms with E-state index >= 15 is 0 Å². The van der Waals surface area contributed by atoms with Gasteiger partial charge in [0, 0.05) is 12.6 Å². The molecule has 0 aliphatic carbocycles. The van der Waals surface area contributed by atoms with Gasteiger partial charge in [-0.05, 0) is 18.6 Å². The SMILES string of the molecule is CNC(=O)CNC(=O)c1cc(-c2ccccc2C)n[nH]1. The molecule has 1 heterocycles. The van der Waals surface area contributed by atoms with Gasteiger partial charge in [-0.1, -0.05) is 24.3 Å². The molecule has 6 nitrogen and oxygen atoms in total. The fraction of sp³-hybridized carbons (Fsp3) is 0.214. The van der Waals surface area contributed by atoms with Crippen molar-refractivity contribution in [2.75, 3.05) is 13.6 Å². The lowest BCUT2D eigenvalue weighted by Crippen LogP contribution is -2.35. The first-order valence-corrected chi connectivity index (χ1v) is 6.22. The number of nitrogens with one attached hydrogen (secondary N) is 3. The van der Waals surface area contributed by atoms with Gasteiger partial charge in [-0.3, -0.25) is 14.7 Å². The minimum absolute atomic E-state index is 0.0615. The number of likely N-dealkylation sites (N-methyl/N-ethyl adjacent to an activating group) is 1. The molecule has 0 aliphatic heterocycles. The molecule has 3 N–H and O–H groups in total. The second-order valence-corrected chi connectivity index (χ2v) is 4.34. The lowest BCUT2D eigenvalue weighted by molar-refractivity contribution is -0.119. The normalized spacial score (nSPS) is 10.1. The number of aromatic amines is 1. The molecule has 2 amide bonds. The van der Waals surface area contributed by atoms with Crippen LogP contribution in [0, 0.1) is 6.92 Å². The molecule has 0 atom stereocenters. The summed E-state index contributed by atoms with van der Waals surface area (Å²) in [5.41, 5.74) is 3.07. The highest BCUT2D eigenvalue weighted by Crippen LogP contribution is 2.21. The smallest absolute Gasteiger partial charge is 0.269 e. The number of H-pyrrole nitrogens is 1. The van der Waals surface area contributed by atoms with Crippen molar-refractivity contribution in [2.24, 2.45) is 0 Å². The Morgan fingerprint density at radius 2 is 2.05 bits per heavy atom. The molecule has 0 aliphatic rings. The van der Waals surface area contributed by atoms with Gasteiger partial charge in [-0.15, -0.1) is 0 Å². The number of benzene rings is 1. The largest absolute Gasteiger partial charge is 0.358 e. The highest BCUT2D eigenvalue weighted by atomic mass is 16.2. The summed E-state index contributed by atoms with van der Waals surface area (Å²) in [5, 5.41) is 11.7. The van der Waals surface area contributed by atoms with Crippen LogP contribution < -0.4 is 10.6 Å². The molecule has 0 saturated carbocycles. The van der Waals surface area contributed by atoms with Crippen LogP contribution in [0.4, 0.5) is 0 Å². The molecule has 2 rings (SSSR count). The summed E-state index contributed by atoms with van der Waals surface area (Å²) in [7, 11) is 1.51. The molecule has 104 valence electrons. The number of nitrogens with zero attached hydrogens (tertiary/aromatic N) is 1. The zero-order valence-electron chi connectivity index (χ0n) is 11.4. The lowest BCUT2D eigenvalue weighted by atomic mass is 10.1. The van der Waals surface area contributed by atoms with Crippen LogP contribution in [0.15, 0.2) is 30.3 Å². The first-order chi connectivity index (χ1) is 9.61. The van der Waals surface area contributed by atoms with E-state index in [0.29, 0.717) is 11.4 Å². The van der Waals surface area contributed by atoms with E-state index in [9.17, 15) is 9.59 Å². The number of amides is 2. The predicted octanol–water partition coefficient (Wildman–Crippen LogP) is 0.861. The van der Waals surface area contributed by atoms with Gasteiger partial charge in [0.2, 0.25) is 5.91 Å². The predicted molar refractivity (Wildman–Crippen MR) is 75.2 cm³/mol. The first kappa shape index (κ1) is 13.8. The lowest BCUT2D eigenvalue weighted by Gasteiger charge is -2.01. The van der Waals surface area contributed by atoms with Crippen LogP contribution >= 0.6 is 0 Å². The van der Waals surface area contributed by atoms with Gasteiger partial charge in [0.05, 0.1) is 12.2 Å². The maximum atomic E-state index is 11.8. The highest BCUT2D eigenvalue weighted by Gasteiger charge is 2.12. The van der Waals surface area contributed by atoms with Gasteiger partial charge in [0.25, 0.3) is 5.91 Å². The van der Waals surface area contributed by atoms with Crippen molar-refractivity contribution in [1.82, 2.24) is 20.8 Å².